The zero-order valence-corrected chi connectivity index (χ0v) is 16.3. The van der Waals surface area contributed by atoms with E-state index in [2.05, 4.69) is 15.3 Å². The van der Waals surface area contributed by atoms with Crippen LogP contribution in [0.5, 0.6) is 17.2 Å². The fourth-order valence-electron chi connectivity index (χ4n) is 2.56. The van der Waals surface area contributed by atoms with Crippen molar-refractivity contribution in [1.82, 2.24) is 14.9 Å². The highest BCUT2D eigenvalue weighted by atomic mass is 32.1. The van der Waals surface area contributed by atoms with Gasteiger partial charge in [0.05, 0.1) is 27.5 Å². The lowest BCUT2D eigenvalue weighted by Gasteiger charge is -2.11. The molecule has 27 heavy (non-hydrogen) atoms. The Bertz CT molecular complexity index is 1020. The molecule has 1 aromatic heterocycles. The monoisotopic (exact) mass is 384 g/mol. The number of aromatic nitrogens is 3. The molecule has 0 amide bonds. The molecular formula is C19H20N4O3S. The number of hydrogen-bond donors (Lipinski definition) is 1. The van der Waals surface area contributed by atoms with Crippen LogP contribution >= 0.6 is 12.2 Å². The number of methoxy groups -OCH3 is 3. The van der Waals surface area contributed by atoms with Crippen LogP contribution in [0.15, 0.2) is 41.5 Å². The summed E-state index contributed by atoms with van der Waals surface area (Å²) in [7, 11) is 4.73. The summed E-state index contributed by atoms with van der Waals surface area (Å²) in [5.74, 6) is 2.38. The van der Waals surface area contributed by atoms with Gasteiger partial charge in [-0.25, -0.2) is 5.10 Å². The average Bonchev–Trinajstić information content (AvgIpc) is 3.06. The molecule has 0 spiro atoms. The zero-order chi connectivity index (χ0) is 19.4. The van der Waals surface area contributed by atoms with Crippen molar-refractivity contribution in [2.45, 2.75) is 6.92 Å². The maximum Gasteiger partial charge on any atom is 0.216 e. The van der Waals surface area contributed by atoms with E-state index >= 15 is 0 Å². The lowest BCUT2D eigenvalue weighted by atomic mass is 10.1. The molecule has 7 nitrogen and oxygen atoms in total. The molecule has 0 unspecified atom stereocenters. The van der Waals surface area contributed by atoms with Gasteiger partial charge < -0.3 is 14.2 Å². The molecule has 3 rings (SSSR count). The first kappa shape index (κ1) is 18.7. The average molecular weight is 384 g/mol. The van der Waals surface area contributed by atoms with Gasteiger partial charge in [0, 0.05) is 17.2 Å². The summed E-state index contributed by atoms with van der Waals surface area (Å²) in [6.45, 7) is 2.03. The number of nitrogens with one attached hydrogen (secondary N) is 1. The van der Waals surface area contributed by atoms with Crippen molar-refractivity contribution in [2.24, 2.45) is 5.10 Å². The van der Waals surface area contributed by atoms with Crippen LogP contribution in [0.4, 0.5) is 0 Å². The normalized spacial score (nSPS) is 11.0. The van der Waals surface area contributed by atoms with Crippen molar-refractivity contribution in [3.8, 4) is 28.6 Å². The zero-order valence-electron chi connectivity index (χ0n) is 15.5. The summed E-state index contributed by atoms with van der Waals surface area (Å²) >= 11 is 5.32. The smallest absolute Gasteiger partial charge is 0.216 e. The van der Waals surface area contributed by atoms with E-state index < -0.39 is 0 Å². The van der Waals surface area contributed by atoms with Gasteiger partial charge in [0.2, 0.25) is 4.77 Å². The molecule has 2 aromatic carbocycles. The molecule has 8 heteroatoms. The molecule has 0 bridgehead atoms. The first-order valence-corrected chi connectivity index (χ1v) is 8.57. The maximum atomic E-state index is 5.43. The number of H-pyrrole nitrogens is 1. The van der Waals surface area contributed by atoms with Crippen LogP contribution < -0.4 is 14.2 Å². The van der Waals surface area contributed by atoms with E-state index in [0.29, 0.717) is 33.4 Å². The van der Waals surface area contributed by atoms with Crippen LogP contribution in [0.3, 0.4) is 0 Å². The summed E-state index contributed by atoms with van der Waals surface area (Å²) < 4.78 is 18.0. The standard InChI is InChI=1S/C19H20N4O3S/c1-12-5-7-13(8-6-12)18-21-22-19(27)23(18)20-11-14-9-16(25-3)17(26-4)10-15(14)24-2/h5-11H,1-4H3,(H,22,27)/b20-11-. The topological polar surface area (TPSA) is 73.7 Å². The molecule has 1 heterocycles. The van der Waals surface area contributed by atoms with Gasteiger partial charge in [-0.3, -0.25) is 0 Å². The number of aromatic amines is 1. The van der Waals surface area contributed by atoms with Crippen molar-refractivity contribution < 1.29 is 14.2 Å². The summed E-state index contributed by atoms with van der Waals surface area (Å²) in [5.41, 5.74) is 2.79. The lowest BCUT2D eigenvalue weighted by Crippen LogP contribution is -1.99. The summed E-state index contributed by atoms with van der Waals surface area (Å²) in [5, 5.41) is 11.6. The van der Waals surface area contributed by atoms with Crippen molar-refractivity contribution >= 4 is 18.4 Å². The van der Waals surface area contributed by atoms with Gasteiger partial charge in [-0.1, -0.05) is 29.8 Å². The minimum atomic E-state index is 0.390. The Labute approximate surface area is 162 Å². The van der Waals surface area contributed by atoms with Crippen molar-refractivity contribution in [3.05, 3.63) is 52.3 Å². The second kappa shape index (κ2) is 8.05. The Morgan fingerprint density at radius 1 is 1.00 bits per heavy atom. The first-order chi connectivity index (χ1) is 13.1. The van der Waals surface area contributed by atoms with Gasteiger partial charge in [0.1, 0.15) is 5.75 Å². The number of benzene rings is 2. The van der Waals surface area contributed by atoms with E-state index in [4.69, 9.17) is 26.4 Å². The molecule has 1 N–H and O–H groups in total. The maximum absolute atomic E-state index is 5.43. The largest absolute Gasteiger partial charge is 0.496 e. The third kappa shape index (κ3) is 3.85. The Kier molecular flexibility index (Phi) is 5.56. The van der Waals surface area contributed by atoms with Crippen molar-refractivity contribution in [2.75, 3.05) is 21.3 Å². The molecule has 0 radical (unpaired) electrons. The van der Waals surface area contributed by atoms with Gasteiger partial charge in [-0.05, 0) is 25.2 Å². The number of rotatable bonds is 6. The van der Waals surface area contributed by atoms with Gasteiger partial charge in [-0.15, -0.1) is 0 Å². The van der Waals surface area contributed by atoms with E-state index in [-0.39, 0.29) is 0 Å². The predicted octanol–water partition coefficient (Wildman–Crippen LogP) is 3.82. The van der Waals surface area contributed by atoms with Crippen LogP contribution in [0, 0.1) is 11.7 Å². The van der Waals surface area contributed by atoms with Crippen LogP contribution in [-0.4, -0.2) is 42.4 Å². The van der Waals surface area contributed by atoms with Gasteiger partial charge >= 0.3 is 0 Å². The van der Waals surface area contributed by atoms with E-state index in [1.54, 1.807) is 44.4 Å². The van der Waals surface area contributed by atoms with Crippen molar-refractivity contribution in [3.63, 3.8) is 0 Å². The highest BCUT2D eigenvalue weighted by Gasteiger charge is 2.12. The fraction of sp³-hybridized carbons (Fsp3) is 0.211. The Hall–Kier alpha value is -3.13. The second-order valence-electron chi connectivity index (χ2n) is 5.72. The molecule has 0 saturated heterocycles. The highest BCUT2D eigenvalue weighted by molar-refractivity contribution is 7.71. The molecule has 0 aliphatic carbocycles. The number of aryl methyl sites for hydroxylation is 1. The lowest BCUT2D eigenvalue weighted by molar-refractivity contribution is 0.349. The third-order valence-corrected chi connectivity index (χ3v) is 4.27. The summed E-state index contributed by atoms with van der Waals surface area (Å²) in [6.07, 6.45) is 1.64. The third-order valence-electron chi connectivity index (χ3n) is 4.01. The molecule has 0 fully saturated rings. The molecule has 3 aromatic rings. The Balaban J connectivity index is 2.03. The van der Waals surface area contributed by atoms with Gasteiger partial charge in [0.15, 0.2) is 17.3 Å². The second-order valence-corrected chi connectivity index (χ2v) is 6.11. The van der Waals surface area contributed by atoms with Crippen molar-refractivity contribution in [1.29, 1.82) is 0 Å². The Morgan fingerprint density at radius 3 is 2.26 bits per heavy atom. The van der Waals surface area contributed by atoms with Crippen LogP contribution in [-0.2, 0) is 0 Å². The van der Waals surface area contributed by atoms with Crippen LogP contribution in [0.25, 0.3) is 11.4 Å². The SMILES string of the molecule is COc1cc(OC)c(OC)cc1/C=N\n1c(-c2ccc(C)cc2)n[nH]c1=S. The van der Waals surface area contributed by atoms with E-state index in [1.165, 1.54) is 0 Å². The molecule has 0 atom stereocenters. The number of nitrogens with zero attached hydrogens (tertiary/aromatic N) is 3. The molecule has 0 aliphatic rings. The van der Waals surface area contributed by atoms with Gasteiger partial charge in [0.25, 0.3) is 0 Å². The minimum absolute atomic E-state index is 0.390. The molecule has 0 saturated carbocycles. The summed E-state index contributed by atoms with van der Waals surface area (Å²) in [4.78, 5) is 0. The van der Waals surface area contributed by atoms with E-state index in [1.807, 2.05) is 31.2 Å². The first-order valence-electron chi connectivity index (χ1n) is 8.16. The van der Waals surface area contributed by atoms with E-state index in [0.717, 1.165) is 11.1 Å². The molecule has 140 valence electrons. The molecule has 0 aliphatic heterocycles. The van der Waals surface area contributed by atoms with Crippen LogP contribution in [0.1, 0.15) is 11.1 Å². The quantitative estimate of drug-likeness (QED) is 0.517. The number of ether oxygens (including phenoxy) is 3. The minimum Gasteiger partial charge on any atom is -0.496 e. The van der Waals surface area contributed by atoms with Crippen LogP contribution in [0.2, 0.25) is 0 Å². The predicted molar refractivity (Wildman–Crippen MR) is 107 cm³/mol. The number of hydrogen-bond acceptors (Lipinski definition) is 6. The summed E-state index contributed by atoms with van der Waals surface area (Å²) in [6, 6.07) is 11.5. The fourth-order valence-corrected chi connectivity index (χ4v) is 2.74. The molecular weight excluding hydrogens is 364 g/mol. The Morgan fingerprint density at radius 2 is 1.63 bits per heavy atom. The highest BCUT2D eigenvalue weighted by Crippen LogP contribution is 2.33. The van der Waals surface area contributed by atoms with E-state index in [9.17, 15) is 0 Å². The van der Waals surface area contributed by atoms with Gasteiger partial charge in [-0.2, -0.15) is 14.9 Å².